The summed E-state index contributed by atoms with van der Waals surface area (Å²) in [7, 11) is 3.27. The van der Waals surface area contributed by atoms with Gasteiger partial charge in [0.25, 0.3) is 0 Å². The maximum atomic E-state index is 6.15. The van der Waals surface area contributed by atoms with Gasteiger partial charge in [-0.05, 0) is 29.8 Å². The van der Waals surface area contributed by atoms with E-state index in [4.69, 9.17) is 21.1 Å². The fraction of sp³-hybridized carbons (Fsp3) is 0.222. The van der Waals surface area contributed by atoms with E-state index < -0.39 is 0 Å². The molecule has 0 spiro atoms. The zero-order chi connectivity index (χ0) is 17.6. The summed E-state index contributed by atoms with van der Waals surface area (Å²) < 4.78 is 10.9. The van der Waals surface area contributed by atoms with Gasteiger partial charge >= 0.3 is 0 Å². The van der Waals surface area contributed by atoms with Crippen molar-refractivity contribution < 1.29 is 9.47 Å². The summed E-state index contributed by atoms with van der Waals surface area (Å²) in [4.78, 5) is 4.09. The van der Waals surface area contributed by atoms with E-state index in [-0.39, 0.29) is 5.92 Å². The van der Waals surface area contributed by atoms with Crippen LogP contribution in [0.3, 0.4) is 0 Å². The second-order valence-corrected chi connectivity index (χ2v) is 6.20. The first kappa shape index (κ1) is 15.8. The Kier molecular flexibility index (Phi) is 3.77. The van der Waals surface area contributed by atoms with E-state index in [0.29, 0.717) is 10.9 Å². The number of aromatic nitrogens is 3. The third kappa shape index (κ3) is 2.41. The molecule has 1 aliphatic carbocycles. The van der Waals surface area contributed by atoms with E-state index in [1.165, 1.54) is 5.56 Å². The number of methoxy groups -OCH3 is 2. The number of anilines is 2. The van der Waals surface area contributed by atoms with Crippen molar-refractivity contribution in [2.75, 3.05) is 19.5 Å². The third-order valence-corrected chi connectivity index (χ3v) is 4.84. The smallest absolute Gasteiger partial charge is 0.161 e. The zero-order valence-electron chi connectivity index (χ0n) is 14.1. The Morgan fingerprint density at radius 1 is 1.20 bits per heavy atom. The van der Waals surface area contributed by atoms with Crippen molar-refractivity contribution >= 4 is 23.1 Å². The Morgan fingerprint density at radius 2 is 1.96 bits per heavy atom. The van der Waals surface area contributed by atoms with Crippen LogP contribution in [0.15, 0.2) is 30.5 Å². The second-order valence-electron chi connectivity index (χ2n) is 5.84. The minimum atomic E-state index is 0.154. The monoisotopic (exact) mass is 356 g/mol. The molecule has 0 aliphatic heterocycles. The third-order valence-electron chi connectivity index (χ3n) is 4.54. The molecule has 1 unspecified atom stereocenters. The highest BCUT2D eigenvalue weighted by atomic mass is 35.5. The van der Waals surface area contributed by atoms with Gasteiger partial charge in [0, 0.05) is 23.2 Å². The maximum Gasteiger partial charge on any atom is 0.161 e. The van der Waals surface area contributed by atoms with Crippen LogP contribution >= 0.6 is 11.6 Å². The molecule has 25 heavy (non-hydrogen) atoms. The van der Waals surface area contributed by atoms with Gasteiger partial charge in [0.15, 0.2) is 22.5 Å². The van der Waals surface area contributed by atoms with Gasteiger partial charge in [-0.15, -0.1) is 0 Å². The fourth-order valence-electron chi connectivity index (χ4n) is 3.30. The fourth-order valence-corrected chi connectivity index (χ4v) is 3.47. The summed E-state index contributed by atoms with van der Waals surface area (Å²) >= 11 is 6.15. The van der Waals surface area contributed by atoms with Crippen LogP contribution in [0.1, 0.15) is 24.0 Å². The number of H-pyrrole nitrogens is 1. The van der Waals surface area contributed by atoms with Crippen LogP contribution in [-0.4, -0.2) is 29.4 Å². The van der Waals surface area contributed by atoms with Gasteiger partial charge in [-0.25, -0.2) is 4.98 Å². The minimum absolute atomic E-state index is 0.154. The molecule has 2 aromatic heterocycles. The van der Waals surface area contributed by atoms with Crippen LogP contribution in [-0.2, 0) is 0 Å². The molecule has 1 atom stereocenters. The van der Waals surface area contributed by atoms with Crippen molar-refractivity contribution in [3.63, 3.8) is 0 Å². The van der Waals surface area contributed by atoms with Crippen LogP contribution in [0.2, 0.25) is 5.15 Å². The highest BCUT2D eigenvalue weighted by Crippen LogP contribution is 2.50. The molecule has 0 fully saturated rings. The summed E-state index contributed by atoms with van der Waals surface area (Å²) in [6.45, 7) is 2.14. The molecule has 128 valence electrons. The molecule has 0 saturated carbocycles. The first-order chi connectivity index (χ1) is 12.1. The van der Waals surface area contributed by atoms with Crippen molar-refractivity contribution in [1.29, 1.82) is 0 Å². The number of pyridine rings is 1. The lowest BCUT2D eigenvalue weighted by Gasteiger charge is -2.13. The Morgan fingerprint density at radius 3 is 2.68 bits per heavy atom. The average Bonchev–Trinajstić information content (AvgIpc) is 3.16. The molecule has 2 N–H and O–H groups in total. The number of ether oxygens (including phenoxy) is 2. The summed E-state index contributed by atoms with van der Waals surface area (Å²) in [6, 6.07) is 7.70. The van der Waals surface area contributed by atoms with Gasteiger partial charge in [0.2, 0.25) is 0 Å². The maximum absolute atomic E-state index is 6.15. The number of benzene rings is 1. The van der Waals surface area contributed by atoms with Crippen molar-refractivity contribution in [1.82, 2.24) is 15.2 Å². The van der Waals surface area contributed by atoms with Gasteiger partial charge in [-0.1, -0.05) is 18.5 Å². The lowest BCUT2D eigenvalue weighted by molar-refractivity contribution is 0.354. The van der Waals surface area contributed by atoms with Crippen LogP contribution in [0.25, 0.3) is 11.3 Å². The lowest BCUT2D eigenvalue weighted by atomic mass is 9.99. The van der Waals surface area contributed by atoms with Crippen molar-refractivity contribution in [3.8, 4) is 22.8 Å². The van der Waals surface area contributed by atoms with E-state index in [1.807, 2.05) is 24.3 Å². The van der Waals surface area contributed by atoms with Gasteiger partial charge in [0.1, 0.15) is 0 Å². The molecule has 1 aromatic carbocycles. The summed E-state index contributed by atoms with van der Waals surface area (Å²) in [5.74, 6) is 2.31. The van der Waals surface area contributed by atoms with E-state index in [1.54, 1.807) is 20.4 Å². The second kappa shape index (κ2) is 5.97. The highest BCUT2D eigenvalue weighted by molar-refractivity contribution is 6.32. The van der Waals surface area contributed by atoms with Crippen LogP contribution in [0, 0.1) is 0 Å². The zero-order valence-corrected chi connectivity index (χ0v) is 14.8. The first-order valence-corrected chi connectivity index (χ1v) is 8.24. The number of hydrogen-bond acceptors (Lipinski definition) is 5. The number of hydrogen-bond donors (Lipinski definition) is 2. The van der Waals surface area contributed by atoms with Crippen molar-refractivity contribution in [3.05, 3.63) is 46.7 Å². The number of aromatic amines is 1. The van der Waals surface area contributed by atoms with Crippen LogP contribution in [0.5, 0.6) is 11.5 Å². The van der Waals surface area contributed by atoms with Crippen LogP contribution < -0.4 is 14.8 Å². The molecular formula is C18H17ClN4O2. The molecule has 0 amide bonds. The van der Waals surface area contributed by atoms with Crippen molar-refractivity contribution in [2.24, 2.45) is 0 Å². The molecule has 2 heterocycles. The van der Waals surface area contributed by atoms with E-state index in [0.717, 1.165) is 34.1 Å². The largest absolute Gasteiger partial charge is 0.493 e. The van der Waals surface area contributed by atoms with Gasteiger partial charge in [-0.3, -0.25) is 5.10 Å². The van der Waals surface area contributed by atoms with Gasteiger partial charge < -0.3 is 14.8 Å². The minimum Gasteiger partial charge on any atom is -0.493 e. The summed E-state index contributed by atoms with van der Waals surface area (Å²) in [5, 5.41) is 11.2. The Balaban J connectivity index is 1.79. The van der Waals surface area contributed by atoms with E-state index in [2.05, 4.69) is 27.4 Å². The summed E-state index contributed by atoms with van der Waals surface area (Å²) in [5.41, 5.74) is 5.02. The number of nitrogens with one attached hydrogen (secondary N) is 2. The topological polar surface area (TPSA) is 72.1 Å². The number of rotatable bonds is 4. The van der Waals surface area contributed by atoms with Gasteiger partial charge in [-0.2, -0.15) is 5.10 Å². The molecule has 6 nitrogen and oxygen atoms in total. The Hall–Kier alpha value is -2.73. The molecule has 4 rings (SSSR count). The Labute approximate surface area is 150 Å². The quantitative estimate of drug-likeness (QED) is 0.680. The molecule has 7 heteroatoms. The molecule has 0 saturated heterocycles. The predicted octanol–water partition coefficient (Wildman–Crippen LogP) is 4.35. The molecule has 1 aliphatic rings. The SMILES string of the molecule is COc1cc2c(cc1OC)C(C)c1c(Nc3cccnc3Cl)n[nH]c1-2. The molecule has 0 radical (unpaired) electrons. The highest BCUT2D eigenvalue weighted by Gasteiger charge is 2.32. The molecular weight excluding hydrogens is 340 g/mol. The van der Waals surface area contributed by atoms with Crippen molar-refractivity contribution in [2.45, 2.75) is 12.8 Å². The molecule has 0 bridgehead atoms. The van der Waals surface area contributed by atoms with Gasteiger partial charge in [0.05, 0.1) is 25.6 Å². The standard InChI is InChI=1S/C18H17ClN4O2/c1-9-10-7-13(24-2)14(25-3)8-11(10)16-15(9)18(23-22-16)21-12-5-4-6-20-17(12)19/h4-9H,1-3H3,(H2,21,22,23). The van der Waals surface area contributed by atoms with Crippen LogP contribution in [0.4, 0.5) is 11.5 Å². The molecule has 3 aromatic rings. The van der Waals surface area contributed by atoms with E-state index in [9.17, 15) is 0 Å². The first-order valence-electron chi connectivity index (χ1n) is 7.86. The number of nitrogens with zero attached hydrogens (tertiary/aromatic N) is 2. The lowest BCUT2D eigenvalue weighted by Crippen LogP contribution is -1.99. The number of halogens is 1. The Bertz CT molecular complexity index is 954. The summed E-state index contributed by atoms with van der Waals surface area (Å²) in [6.07, 6.45) is 1.65. The number of fused-ring (bicyclic) bond motifs is 3. The predicted molar refractivity (Wildman–Crippen MR) is 97.2 cm³/mol. The normalized spacial score (nSPS) is 14.8. The average molecular weight is 357 g/mol. The van der Waals surface area contributed by atoms with E-state index >= 15 is 0 Å².